The fourth-order valence-electron chi connectivity index (χ4n) is 2.38. The second-order valence-corrected chi connectivity index (χ2v) is 5.29. The van der Waals surface area contributed by atoms with Crippen LogP contribution in [0.2, 0.25) is 0 Å². The fourth-order valence-corrected chi connectivity index (χ4v) is 2.38. The quantitative estimate of drug-likeness (QED) is 0.745. The van der Waals surface area contributed by atoms with Crippen molar-refractivity contribution in [2.45, 2.75) is 6.42 Å². The van der Waals surface area contributed by atoms with Gasteiger partial charge in [0.1, 0.15) is 11.5 Å². The number of carbonyl (C=O) groups excluding carboxylic acids is 1. The van der Waals surface area contributed by atoms with Gasteiger partial charge in [0.25, 0.3) is 0 Å². The number of carbonyl (C=O) groups is 1. The summed E-state index contributed by atoms with van der Waals surface area (Å²) in [5, 5.41) is 5.64. The molecule has 0 atom stereocenters. The van der Waals surface area contributed by atoms with Gasteiger partial charge >= 0.3 is 6.03 Å². The summed E-state index contributed by atoms with van der Waals surface area (Å²) >= 11 is 0. The third kappa shape index (κ3) is 5.96. The monoisotopic (exact) mass is 323 g/mol. The molecule has 2 rings (SSSR count). The van der Waals surface area contributed by atoms with Crippen molar-refractivity contribution in [2.24, 2.45) is 0 Å². The average molecular weight is 323 g/mol. The van der Waals surface area contributed by atoms with E-state index in [9.17, 15) is 4.79 Å². The Hall–Kier alpha value is -1.99. The van der Waals surface area contributed by atoms with E-state index in [0.29, 0.717) is 23.7 Å². The zero-order valence-electron chi connectivity index (χ0n) is 13.8. The standard InChI is InChI=1S/C16H25N3O4/c1-21-14-10-13(11-15(12-14)22-2)18-16(20)17-4-3-5-19-6-8-23-9-7-19/h10-12H,3-9H2,1-2H3,(H2,17,18,20). The van der Waals surface area contributed by atoms with Gasteiger partial charge in [0.15, 0.2) is 0 Å². The zero-order chi connectivity index (χ0) is 16.5. The molecule has 7 heteroatoms. The third-order valence-electron chi connectivity index (χ3n) is 3.65. The van der Waals surface area contributed by atoms with Crippen LogP contribution in [0.4, 0.5) is 10.5 Å². The van der Waals surface area contributed by atoms with Crippen LogP contribution in [0.15, 0.2) is 18.2 Å². The van der Waals surface area contributed by atoms with E-state index in [2.05, 4.69) is 15.5 Å². The minimum absolute atomic E-state index is 0.234. The summed E-state index contributed by atoms with van der Waals surface area (Å²) in [6, 6.07) is 5.01. The maximum Gasteiger partial charge on any atom is 0.319 e. The summed E-state index contributed by atoms with van der Waals surface area (Å²) < 4.78 is 15.7. The molecule has 2 amide bonds. The van der Waals surface area contributed by atoms with Gasteiger partial charge in [0, 0.05) is 43.5 Å². The summed E-state index contributed by atoms with van der Waals surface area (Å²) in [5.74, 6) is 1.26. The number of rotatable bonds is 7. The molecule has 0 bridgehead atoms. The maximum atomic E-state index is 11.9. The molecule has 0 aromatic heterocycles. The molecule has 1 heterocycles. The van der Waals surface area contributed by atoms with E-state index in [0.717, 1.165) is 39.3 Å². The van der Waals surface area contributed by atoms with E-state index >= 15 is 0 Å². The predicted octanol–water partition coefficient (Wildman–Crippen LogP) is 1.55. The molecule has 0 aliphatic carbocycles. The van der Waals surface area contributed by atoms with Gasteiger partial charge in [-0.3, -0.25) is 4.90 Å². The van der Waals surface area contributed by atoms with Crippen LogP contribution < -0.4 is 20.1 Å². The van der Waals surface area contributed by atoms with E-state index < -0.39 is 0 Å². The Morgan fingerprint density at radius 1 is 1.17 bits per heavy atom. The number of nitrogens with zero attached hydrogens (tertiary/aromatic N) is 1. The predicted molar refractivity (Wildman–Crippen MR) is 88.4 cm³/mol. The number of anilines is 1. The molecule has 128 valence electrons. The van der Waals surface area contributed by atoms with Crippen molar-refractivity contribution in [1.29, 1.82) is 0 Å². The zero-order valence-corrected chi connectivity index (χ0v) is 13.8. The Morgan fingerprint density at radius 3 is 2.43 bits per heavy atom. The lowest BCUT2D eigenvalue weighted by Crippen LogP contribution is -2.38. The highest BCUT2D eigenvalue weighted by Gasteiger charge is 2.10. The second-order valence-electron chi connectivity index (χ2n) is 5.29. The van der Waals surface area contributed by atoms with Crippen molar-refractivity contribution in [3.63, 3.8) is 0 Å². The minimum Gasteiger partial charge on any atom is -0.497 e. The van der Waals surface area contributed by atoms with E-state index in [1.165, 1.54) is 0 Å². The molecule has 1 saturated heterocycles. The minimum atomic E-state index is -0.234. The molecular formula is C16H25N3O4. The molecule has 2 N–H and O–H groups in total. The van der Waals surface area contributed by atoms with Crippen LogP contribution in [0.25, 0.3) is 0 Å². The van der Waals surface area contributed by atoms with Crippen molar-refractivity contribution in [1.82, 2.24) is 10.2 Å². The Bertz CT molecular complexity index is 482. The highest BCUT2D eigenvalue weighted by atomic mass is 16.5. The molecule has 1 aliphatic heterocycles. The van der Waals surface area contributed by atoms with Crippen molar-refractivity contribution in [2.75, 3.05) is 58.9 Å². The number of benzene rings is 1. The van der Waals surface area contributed by atoms with E-state index in [-0.39, 0.29) is 6.03 Å². The normalized spacial score (nSPS) is 15.0. The summed E-state index contributed by atoms with van der Waals surface area (Å²) in [6.07, 6.45) is 0.912. The number of ether oxygens (including phenoxy) is 3. The van der Waals surface area contributed by atoms with Crippen LogP contribution in [0.5, 0.6) is 11.5 Å². The molecule has 7 nitrogen and oxygen atoms in total. The molecule has 0 unspecified atom stereocenters. The number of hydrogen-bond donors (Lipinski definition) is 2. The van der Waals surface area contributed by atoms with Gasteiger partial charge in [-0.15, -0.1) is 0 Å². The molecule has 1 aromatic rings. The first-order valence-corrected chi connectivity index (χ1v) is 7.79. The fraction of sp³-hybridized carbons (Fsp3) is 0.562. The molecule has 1 aromatic carbocycles. The van der Waals surface area contributed by atoms with E-state index in [1.807, 2.05) is 0 Å². The van der Waals surface area contributed by atoms with Crippen molar-refractivity contribution < 1.29 is 19.0 Å². The maximum absolute atomic E-state index is 11.9. The van der Waals surface area contributed by atoms with Crippen LogP contribution in [-0.2, 0) is 4.74 Å². The van der Waals surface area contributed by atoms with Crippen molar-refractivity contribution >= 4 is 11.7 Å². The smallest absolute Gasteiger partial charge is 0.319 e. The summed E-state index contributed by atoms with van der Waals surface area (Å²) in [7, 11) is 3.15. The summed E-state index contributed by atoms with van der Waals surface area (Å²) in [5.41, 5.74) is 0.631. The largest absolute Gasteiger partial charge is 0.497 e. The van der Waals surface area contributed by atoms with Crippen LogP contribution in [0.1, 0.15) is 6.42 Å². The summed E-state index contributed by atoms with van der Waals surface area (Å²) in [4.78, 5) is 14.3. The van der Waals surface area contributed by atoms with Gasteiger partial charge in [-0.1, -0.05) is 0 Å². The first-order chi connectivity index (χ1) is 11.2. The van der Waals surface area contributed by atoms with Gasteiger partial charge in [0.05, 0.1) is 27.4 Å². The first kappa shape index (κ1) is 17.4. The number of morpholine rings is 1. The third-order valence-corrected chi connectivity index (χ3v) is 3.65. The molecule has 0 saturated carbocycles. The SMILES string of the molecule is COc1cc(NC(=O)NCCCN2CCOCC2)cc(OC)c1. The number of hydrogen-bond acceptors (Lipinski definition) is 5. The van der Waals surface area contributed by atoms with E-state index in [4.69, 9.17) is 14.2 Å². The average Bonchev–Trinajstić information content (AvgIpc) is 2.59. The van der Waals surface area contributed by atoms with Crippen molar-refractivity contribution in [3.8, 4) is 11.5 Å². The first-order valence-electron chi connectivity index (χ1n) is 7.79. The van der Waals surface area contributed by atoms with Gasteiger partial charge in [-0.25, -0.2) is 4.79 Å². The van der Waals surface area contributed by atoms with Crippen LogP contribution in [0.3, 0.4) is 0 Å². The van der Waals surface area contributed by atoms with Crippen LogP contribution in [0, 0.1) is 0 Å². The molecule has 0 radical (unpaired) electrons. The van der Waals surface area contributed by atoms with Crippen LogP contribution >= 0.6 is 0 Å². The highest BCUT2D eigenvalue weighted by molar-refractivity contribution is 5.89. The number of methoxy groups -OCH3 is 2. The van der Waals surface area contributed by atoms with Gasteiger partial charge < -0.3 is 24.8 Å². The number of urea groups is 1. The van der Waals surface area contributed by atoms with E-state index in [1.54, 1.807) is 32.4 Å². The Kier molecular flexibility index (Phi) is 6.96. The summed E-state index contributed by atoms with van der Waals surface area (Å²) in [6.45, 7) is 5.13. The molecule has 1 fully saturated rings. The Balaban J connectivity index is 1.71. The lowest BCUT2D eigenvalue weighted by atomic mass is 10.3. The highest BCUT2D eigenvalue weighted by Crippen LogP contribution is 2.25. The molecule has 23 heavy (non-hydrogen) atoms. The van der Waals surface area contributed by atoms with Gasteiger partial charge in [-0.05, 0) is 13.0 Å². The van der Waals surface area contributed by atoms with Gasteiger partial charge in [0.2, 0.25) is 0 Å². The Morgan fingerprint density at radius 2 is 1.83 bits per heavy atom. The number of nitrogens with one attached hydrogen (secondary N) is 2. The lowest BCUT2D eigenvalue weighted by molar-refractivity contribution is 0.0375. The second kappa shape index (κ2) is 9.22. The Labute approximate surface area is 136 Å². The lowest BCUT2D eigenvalue weighted by Gasteiger charge is -2.26. The van der Waals surface area contributed by atoms with Crippen molar-refractivity contribution in [3.05, 3.63) is 18.2 Å². The van der Waals surface area contributed by atoms with Crippen LogP contribution in [-0.4, -0.2) is 64.5 Å². The molecular weight excluding hydrogens is 298 g/mol. The molecule has 1 aliphatic rings. The number of amides is 2. The van der Waals surface area contributed by atoms with Gasteiger partial charge in [-0.2, -0.15) is 0 Å². The topological polar surface area (TPSA) is 72.1 Å². The molecule has 0 spiro atoms.